The van der Waals surface area contributed by atoms with Gasteiger partial charge in [-0.05, 0) is 12.1 Å². The Morgan fingerprint density at radius 2 is 2.16 bits per heavy atom. The smallest absolute Gasteiger partial charge is 0.260 e. The fourth-order valence-corrected chi connectivity index (χ4v) is 2.11. The third kappa shape index (κ3) is 3.22. The summed E-state index contributed by atoms with van der Waals surface area (Å²) in [6.45, 7) is 0. The third-order valence-corrected chi connectivity index (χ3v) is 3.13. The number of nitrogens with two attached hydrogens (primary N) is 1. The molecule has 0 aliphatic heterocycles. The van der Waals surface area contributed by atoms with E-state index in [4.69, 9.17) is 15.0 Å². The molecule has 0 aliphatic rings. The first-order valence-electron chi connectivity index (χ1n) is 5.33. The fraction of sp³-hybridized carbons (Fsp3) is 0.273. The zero-order valence-corrected chi connectivity index (χ0v) is 11.3. The van der Waals surface area contributed by atoms with Gasteiger partial charge in [-0.3, -0.25) is 0 Å². The molecular formula is C11H13N3O4S. The molecule has 1 aromatic heterocycles. The molecule has 0 aliphatic carbocycles. The van der Waals surface area contributed by atoms with Crippen molar-refractivity contribution in [3.05, 3.63) is 24.0 Å². The van der Waals surface area contributed by atoms with E-state index < -0.39 is 9.84 Å². The number of aromatic nitrogens is 2. The van der Waals surface area contributed by atoms with Crippen LogP contribution in [-0.4, -0.2) is 31.9 Å². The first-order valence-corrected chi connectivity index (χ1v) is 7.39. The van der Waals surface area contributed by atoms with E-state index in [1.807, 2.05) is 0 Å². The quantitative estimate of drug-likeness (QED) is 0.829. The number of nitrogen functional groups attached to an aromatic ring is 1. The Labute approximate surface area is 110 Å². The maximum absolute atomic E-state index is 11.1. The van der Waals surface area contributed by atoms with Crippen molar-refractivity contribution in [1.29, 1.82) is 0 Å². The molecule has 2 rings (SSSR count). The Morgan fingerprint density at radius 1 is 1.42 bits per heavy atom. The summed E-state index contributed by atoms with van der Waals surface area (Å²) in [6, 6.07) is 4.99. The van der Waals surface area contributed by atoms with Crippen LogP contribution in [0.5, 0.6) is 5.75 Å². The lowest BCUT2D eigenvalue weighted by Crippen LogP contribution is -2.02. The van der Waals surface area contributed by atoms with Crippen molar-refractivity contribution in [2.75, 3.05) is 19.1 Å². The van der Waals surface area contributed by atoms with Crippen LogP contribution in [0.25, 0.3) is 11.5 Å². The maximum Gasteiger partial charge on any atom is 0.260 e. The molecule has 0 unspecified atom stereocenters. The molecule has 1 heterocycles. The molecule has 0 fully saturated rings. The number of hydrogen-bond acceptors (Lipinski definition) is 7. The van der Waals surface area contributed by atoms with Gasteiger partial charge in [-0.15, -0.1) is 0 Å². The first kappa shape index (κ1) is 13.3. The number of methoxy groups -OCH3 is 1. The van der Waals surface area contributed by atoms with Gasteiger partial charge < -0.3 is 15.0 Å². The fourth-order valence-electron chi connectivity index (χ4n) is 1.52. The highest BCUT2D eigenvalue weighted by molar-refractivity contribution is 7.89. The van der Waals surface area contributed by atoms with E-state index in [9.17, 15) is 8.42 Å². The molecule has 2 N–H and O–H groups in total. The molecule has 8 heteroatoms. The third-order valence-electron chi connectivity index (χ3n) is 2.35. The molecule has 7 nitrogen and oxygen atoms in total. The number of hydrogen-bond donors (Lipinski definition) is 1. The van der Waals surface area contributed by atoms with Gasteiger partial charge in [0, 0.05) is 18.0 Å². The summed E-state index contributed by atoms with van der Waals surface area (Å²) in [5.74, 6) is 0.621. The van der Waals surface area contributed by atoms with Gasteiger partial charge in [0.15, 0.2) is 15.7 Å². The predicted molar refractivity (Wildman–Crippen MR) is 69.2 cm³/mol. The largest absolute Gasteiger partial charge is 0.497 e. The normalized spacial score (nSPS) is 11.5. The van der Waals surface area contributed by atoms with Crippen LogP contribution in [0, 0.1) is 0 Å². The zero-order chi connectivity index (χ0) is 14.0. The lowest BCUT2D eigenvalue weighted by atomic mass is 10.1. The van der Waals surface area contributed by atoms with Crippen LogP contribution in [0.15, 0.2) is 22.7 Å². The van der Waals surface area contributed by atoms with Crippen molar-refractivity contribution < 1.29 is 17.7 Å². The summed E-state index contributed by atoms with van der Waals surface area (Å²) in [5, 5.41) is 3.61. The molecule has 1 aromatic carbocycles. The van der Waals surface area contributed by atoms with Crippen molar-refractivity contribution in [2.45, 2.75) is 5.75 Å². The van der Waals surface area contributed by atoms with Crippen molar-refractivity contribution >= 4 is 15.5 Å². The summed E-state index contributed by atoms with van der Waals surface area (Å²) in [6.07, 6.45) is 1.10. The van der Waals surface area contributed by atoms with Crippen molar-refractivity contribution in [3.8, 4) is 17.2 Å². The van der Waals surface area contributed by atoms with Gasteiger partial charge in [-0.1, -0.05) is 5.16 Å². The number of rotatable bonds is 4. The Morgan fingerprint density at radius 3 is 2.74 bits per heavy atom. The van der Waals surface area contributed by atoms with Crippen LogP contribution in [0.1, 0.15) is 5.82 Å². The van der Waals surface area contributed by atoms with Gasteiger partial charge in [0.25, 0.3) is 5.89 Å². The minimum Gasteiger partial charge on any atom is -0.497 e. The summed E-state index contributed by atoms with van der Waals surface area (Å²) < 4.78 is 32.3. The van der Waals surface area contributed by atoms with E-state index in [0.29, 0.717) is 17.0 Å². The SMILES string of the molecule is COc1ccc(-c2nc(CS(C)(=O)=O)no2)c(N)c1. The number of ether oxygens (including phenoxy) is 1. The molecule has 0 spiro atoms. The average Bonchev–Trinajstić information content (AvgIpc) is 2.74. The van der Waals surface area contributed by atoms with Crippen LogP contribution in [0.4, 0.5) is 5.69 Å². The minimum atomic E-state index is -3.20. The second-order valence-electron chi connectivity index (χ2n) is 4.04. The molecule has 0 atom stereocenters. The molecule has 0 amide bonds. The standard InChI is InChI=1S/C11H13N3O4S/c1-17-7-3-4-8(9(12)5-7)11-13-10(14-18-11)6-19(2,15)16/h3-5H,6,12H2,1-2H3. The van der Waals surface area contributed by atoms with Gasteiger partial charge in [-0.25, -0.2) is 8.42 Å². The van der Waals surface area contributed by atoms with Crippen LogP contribution in [0.2, 0.25) is 0 Å². The minimum absolute atomic E-state index is 0.104. The molecule has 0 saturated heterocycles. The number of nitrogens with zero attached hydrogens (tertiary/aromatic N) is 2. The lowest BCUT2D eigenvalue weighted by Gasteiger charge is -2.03. The Hall–Kier alpha value is -2.09. The number of anilines is 1. The zero-order valence-electron chi connectivity index (χ0n) is 10.5. The maximum atomic E-state index is 11.1. The highest BCUT2D eigenvalue weighted by atomic mass is 32.2. The summed E-state index contributed by atoms with van der Waals surface area (Å²) in [5.41, 5.74) is 6.79. The highest BCUT2D eigenvalue weighted by Crippen LogP contribution is 2.28. The van der Waals surface area contributed by atoms with E-state index in [-0.39, 0.29) is 17.5 Å². The summed E-state index contributed by atoms with van der Waals surface area (Å²) in [4.78, 5) is 4.00. The molecule has 0 radical (unpaired) electrons. The van der Waals surface area contributed by atoms with Crippen LogP contribution >= 0.6 is 0 Å². The summed E-state index contributed by atoms with van der Waals surface area (Å²) in [7, 11) is -1.67. The van der Waals surface area contributed by atoms with Crippen molar-refractivity contribution in [1.82, 2.24) is 10.1 Å². The van der Waals surface area contributed by atoms with Crippen molar-refractivity contribution in [3.63, 3.8) is 0 Å². The van der Waals surface area contributed by atoms with Gasteiger partial charge in [0.2, 0.25) is 0 Å². The van der Waals surface area contributed by atoms with Gasteiger partial charge in [0.1, 0.15) is 11.5 Å². The van der Waals surface area contributed by atoms with E-state index in [1.54, 1.807) is 18.2 Å². The molecular weight excluding hydrogens is 270 g/mol. The molecule has 2 aromatic rings. The monoisotopic (exact) mass is 283 g/mol. The number of sulfone groups is 1. The predicted octanol–water partition coefficient (Wildman–Crippen LogP) is 0.872. The van der Waals surface area contributed by atoms with E-state index in [2.05, 4.69) is 10.1 Å². The van der Waals surface area contributed by atoms with Crippen molar-refractivity contribution in [2.24, 2.45) is 0 Å². The second kappa shape index (κ2) is 4.88. The van der Waals surface area contributed by atoms with Gasteiger partial charge in [-0.2, -0.15) is 4.98 Å². The van der Waals surface area contributed by atoms with E-state index >= 15 is 0 Å². The summed E-state index contributed by atoms with van der Waals surface area (Å²) >= 11 is 0. The Bertz CT molecular complexity index is 694. The Balaban J connectivity index is 2.33. The van der Waals surface area contributed by atoms with Gasteiger partial charge in [0.05, 0.1) is 12.7 Å². The van der Waals surface area contributed by atoms with Crippen LogP contribution < -0.4 is 10.5 Å². The van der Waals surface area contributed by atoms with Gasteiger partial charge >= 0.3 is 0 Å². The topological polar surface area (TPSA) is 108 Å². The molecule has 0 saturated carbocycles. The molecule has 19 heavy (non-hydrogen) atoms. The lowest BCUT2D eigenvalue weighted by molar-refractivity contribution is 0.414. The van der Waals surface area contributed by atoms with Crippen LogP contribution in [0.3, 0.4) is 0 Å². The highest BCUT2D eigenvalue weighted by Gasteiger charge is 2.15. The van der Waals surface area contributed by atoms with Crippen LogP contribution in [-0.2, 0) is 15.6 Å². The first-order chi connectivity index (χ1) is 8.89. The Kier molecular flexibility index (Phi) is 3.43. The second-order valence-corrected chi connectivity index (χ2v) is 6.18. The molecule has 0 bridgehead atoms. The average molecular weight is 283 g/mol. The van der Waals surface area contributed by atoms with E-state index in [0.717, 1.165) is 6.26 Å². The number of benzene rings is 1. The molecule has 102 valence electrons. The van der Waals surface area contributed by atoms with E-state index in [1.165, 1.54) is 7.11 Å².